The molecule has 2 rings (SSSR count). The van der Waals surface area contributed by atoms with E-state index in [2.05, 4.69) is 5.32 Å². The van der Waals surface area contributed by atoms with Crippen LogP contribution in [-0.4, -0.2) is 11.6 Å². The van der Waals surface area contributed by atoms with E-state index < -0.39 is 0 Å². The average Bonchev–Trinajstić information content (AvgIpc) is 2.41. The number of nitrogens with one attached hydrogen (secondary N) is 1. The van der Waals surface area contributed by atoms with Crippen molar-refractivity contribution in [2.24, 2.45) is 5.73 Å². The zero-order valence-corrected chi connectivity index (χ0v) is 12.6. The Morgan fingerprint density at radius 2 is 1.90 bits per heavy atom. The summed E-state index contributed by atoms with van der Waals surface area (Å²) in [6.45, 7) is 2.53. The third kappa shape index (κ3) is 3.21. The quantitative estimate of drug-likeness (QED) is 0.816. The molecule has 0 fully saturated rings. The van der Waals surface area contributed by atoms with Crippen LogP contribution in [0.4, 0.5) is 11.4 Å². The van der Waals surface area contributed by atoms with Gasteiger partial charge in [0.05, 0.1) is 28.6 Å². The second-order valence-electron chi connectivity index (χ2n) is 4.08. The Hall–Kier alpha value is -1.78. The number of ether oxygens (including phenoxy) is 1. The molecule has 0 aliphatic rings. The number of anilines is 2. The van der Waals surface area contributed by atoms with Gasteiger partial charge in [0.25, 0.3) is 0 Å². The molecule has 0 saturated heterocycles. The Bertz CT molecular complexity index is 631. The van der Waals surface area contributed by atoms with Crippen molar-refractivity contribution in [1.82, 2.24) is 0 Å². The van der Waals surface area contributed by atoms with Crippen LogP contribution < -0.4 is 15.8 Å². The van der Waals surface area contributed by atoms with Crippen molar-refractivity contribution in [1.29, 1.82) is 0 Å². The molecule has 0 aromatic heterocycles. The van der Waals surface area contributed by atoms with Crippen molar-refractivity contribution in [2.45, 2.75) is 6.92 Å². The van der Waals surface area contributed by atoms with Crippen molar-refractivity contribution in [3.63, 3.8) is 0 Å². The zero-order valence-electron chi connectivity index (χ0n) is 11.0. The molecule has 0 atom stereocenters. The van der Waals surface area contributed by atoms with E-state index in [1.165, 1.54) is 0 Å². The van der Waals surface area contributed by atoms with Crippen molar-refractivity contribution >= 4 is 40.2 Å². The Kier molecular flexibility index (Phi) is 4.82. The number of hydrogen-bond donors (Lipinski definition) is 2. The first-order valence-electron chi connectivity index (χ1n) is 6.20. The first-order valence-corrected chi connectivity index (χ1v) is 6.99. The summed E-state index contributed by atoms with van der Waals surface area (Å²) in [7, 11) is 0. The van der Waals surface area contributed by atoms with E-state index in [0.29, 0.717) is 17.2 Å². The number of benzene rings is 2. The van der Waals surface area contributed by atoms with E-state index in [-0.39, 0.29) is 4.99 Å². The highest BCUT2D eigenvalue weighted by Crippen LogP contribution is 2.31. The lowest BCUT2D eigenvalue weighted by Gasteiger charge is -2.15. The van der Waals surface area contributed by atoms with Gasteiger partial charge in [-0.3, -0.25) is 0 Å². The monoisotopic (exact) mass is 306 g/mol. The van der Waals surface area contributed by atoms with Gasteiger partial charge < -0.3 is 15.8 Å². The van der Waals surface area contributed by atoms with Gasteiger partial charge in [-0.05, 0) is 31.2 Å². The molecule has 104 valence electrons. The lowest BCUT2D eigenvalue weighted by molar-refractivity contribution is 0.342. The molecule has 0 amide bonds. The third-order valence-corrected chi connectivity index (χ3v) is 3.24. The summed E-state index contributed by atoms with van der Waals surface area (Å²) in [4.78, 5) is 0.256. The van der Waals surface area contributed by atoms with Crippen LogP contribution >= 0.6 is 23.8 Å². The SMILES string of the molecule is CCOc1ccccc1Nc1cccc(Cl)c1C(N)=S. The maximum Gasteiger partial charge on any atom is 0.142 e. The molecule has 0 spiro atoms. The van der Waals surface area contributed by atoms with Crippen molar-refractivity contribution < 1.29 is 4.74 Å². The van der Waals surface area contributed by atoms with Gasteiger partial charge in [-0.2, -0.15) is 0 Å². The van der Waals surface area contributed by atoms with Gasteiger partial charge >= 0.3 is 0 Å². The summed E-state index contributed by atoms with van der Waals surface area (Å²) in [5.41, 5.74) is 7.98. The fraction of sp³-hybridized carbons (Fsp3) is 0.133. The normalized spacial score (nSPS) is 10.1. The van der Waals surface area contributed by atoms with Crippen LogP contribution in [0.3, 0.4) is 0 Å². The molecule has 0 unspecified atom stereocenters. The van der Waals surface area contributed by atoms with Crippen LogP contribution in [0.25, 0.3) is 0 Å². The molecule has 0 bridgehead atoms. The Morgan fingerprint density at radius 3 is 2.60 bits per heavy atom. The lowest BCUT2D eigenvalue weighted by Crippen LogP contribution is -2.12. The smallest absolute Gasteiger partial charge is 0.142 e. The summed E-state index contributed by atoms with van der Waals surface area (Å²) < 4.78 is 5.58. The van der Waals surface area contributed by atoms with E-state index >= 15 is 0 Å². The Labute approximate surface area is 128 Å². The van der Waals surface area contributed by atoms with Crippen molar-refractivity contribution in [2.75, 3.05) is 11.9 Å². The summed E-state index contributed by atoms with van der Waals surface area (Å²) in [6, 6.07) is 13.2. The predicted octanol–water partition coefficient (Wildman–Crippen LogP) is 4.12. The van der Waals surface area contributed by atoms with Crippen molar-refractivity contribution in [3.05, 3.63) is 53.1 Å². The van der Waals surface area contributed by atoms with Crippen LogP contribution in [0.5, 0.6) is 5.75 Å². The number of para-hydroxylation sites is 2. The predicted molar refractivity (Wildman–Crippen MR) is 88.2 cm³/mol. The first kappa shape index (κ1) is 14.6. The molecule has 0 radical (unpaired) electrons. The van der Waals surface area contributed by atoms with Gasteiger partial charge in [0, 0.05) is 0 Å². The molecule has 3 N–H and O–H groups in total. The van der Waals surface area contributed by atoms with E-state index in [0.717, 1.165) is 17.1 Å². The third-order valence-electron chi connectivity index (χ3n) is 2.72. The number of nitrogens with two attached hydrogens (primary N) is 1. The molecule has 5 heteroatoms. The van der Waals surface area contributed by atoms with E-state index in [9.17, 15) is 0 Å². The minimum absolute atomic E-state index is 0.256. The Morgan fingerprint density at radius 1 is 1.20 bits per heavy atom. The molecular weight excluding hydrogens is 292 g/mol. The minimum Gasteiger partial charge on any atom is -0.492 e. The van der Waals surface area contributed by atoms with Crippen LogP contribution in [0.15, 0.2) is 42.5 Å². The number of thiocarbonyl (C=S) groups is 1. The first-order chi connectivity index (χ1) is 9.63. The van der Waals surface area contributed by atoms with Crippen molar-refractivity contribution in [3.8, 4) is 5.75 Å². The highest BCUT2D eigenvalue weighted by molar-refractivity contribution is 7.80. The Balaban J connectivity index is 2.40. The molecule has 2 aromatic rings. The molecule has 0 aliphatic carbocycles. The van der Waals surface area contributed by atoms with E-state index in [1.807, 2.05) is 43.3 Å². The number of rotatable bonds is 5. The highest BCUT2D eigenvalue weighted by Gasteiger charge is 2.11. The van der Waals surface area contributed by atoms with Crippen LogP contribution in [0, 0.1) is 0 Å². The zero-order chi connectivity index (χ0) is 14.5. The second kappa shape index (κ2) is 6.59. The van der Waals surface area contributed by atoms with Gasteiger partial charge in [-0.25, -0.2) is 0 Å². The number of halogens is 1. The minimum atomic E-state index is 0.256. The molecule has 3 nitrogen and oxygen atoms in total. The van der Waals surface area contributed by atoms with Gasteiger partial charge in [0.1, 0.15) is 10.7 Å². The molecule has 0 aliphatic heterocycles. The number of hydrogen-bond acceptors (Lipinski definition) is 3. The van der Waals surface area contributed by atoms with Crippen LogP contribution in [0.2, 0.25) is 5.02 Å². The lowest BCUT2D eigenvalue weighted by atomic mass is 10.1. The summed E-state index contributed by atoms with van der Waals surface area (Å²) in [5.74, 6) is 0.767. The molecule has 0 saturated carbocycles. The molecule has 0 heterocycles. The van der Waals surface area contributed by atoms with Crippen LogP contribution in [-0.2, 0) is 0 Å². The fourth-order valence-corrected chi connectivity index (χ4v) is 2.43. The van der Waals surface area contributed by atoms with E-state index in [1.54, 1.807) is 6.07 Å². The summed E-state index contributed by atoms with van der Waals surface area (Å²) in [5, 5.41) is 3.80. The topological polar surface area (TPSA) is 47.3 Å². The van der Waals surface area contributed by atoms with E-state index in [4.69, 9.17) is 34.3 Å². The maximum atomic E-state index is 6.15. The van der Waals surface area contributed by atoms with Gasteiger partial charge in [-0.1, -0.05) is 42.0 Å². The largest absolute Gasteiger partial charge is 0.492 e. The fourth-order valence-electron chi connectivity index (χ4n) is 1.88. The standard InChI is InChI=1S/C15H15ClN2OS/c1-2-19-13-9-4-3-7-11(13)18-12-8-5-6-10(16)14(12)15(17)20/h3-9,18H,2H2,1H3,(H2,17,20). The van der Waals surface area contributed by atoms with Gasteiger partial charge in [0.2, 0.25) is 0 Å². The molecule has 20 heavy (non-hydrogen) atoms. The molecule has 2 aromatic carbocycles. The van der Waals surface area contributed by atoms with Gasteiger partial charge in [0.15, 0.2) is 0 Å². The summed E-state index contributed by atoms with van der Waals surface area (Å²) >= 11 is 11.2. The average molecular weight is 307 g/mol. The van der Waals surface area contributed by atoms with Crippen LogP contribution in [0.1, 0.15) is 12.5 Å². The second-order valence-corrected chi connectivity index (χ2v) is 4.93. The maximum absolute atomic E-state index is 6.15. The van der Waals surface area contributed by atoms with Gasteiger partial charge in [-0.15, -0.1) is 0 Å². The summed E-state index contributed by atoms with van der Waals surface area (Å²) in [6.07, 6.45) is 0. The molecular formula is C15H15ClN2OS. The highest BCUT2D eigenvalue weighted by atomic mass is 35.5.